The van der Waals surface area contributed by atoms with Crippen molar-refractivity contribution in [1.82, 2.24) is 14.9 Å². The summed E-state index contributed by atoms with van der Waals surface area (Å²) in [6.45, 7) is 9.05. The number of fused-ring (bicyclic) bond motifs is 1. The molecule has 6 nitrogen and oxygen atoms in total. The minimum Gasteiger partial charge on any atom is -0.486 e. The molecule has 0 radical (unpaired) electrons. The number of unbranched alkanes of at least 4 members (excludes halogenated alkanes) is 2. The second-order valence-electron chi connectivity index (χ2n) is 10.3. The lowest BCUT2D eigenvalue weighted by Crippen LogP contribution is -2.38. The molecule has 3 aromatic rings. The van der Waals surface area contributed by atoms with Crippen molar-refractivity contribution in [1.29, 1.82) is 0 Å². The molecule has 0 aliphatic carbocycles. The summed E-state index contributed by atoms with van der Waals surface area (Å²) < 4.78 is 11.3. The maximum absolute atomic E-state index is 12.2. The summed E-state index contributed by atoms with van der Waals surface area (Å²) in [5.74, 6) is 2.30. The van der Waals surface area contributed by atoms with E-state index in [1.165, 1.54) is 29.5 Å². The van der Waals surface area contributed by atoms with E-state index in [2.05, 4.69) is 31.8 Å². The highest BCUT2D eigenvalue weighted by atomic mass is 35.5. The predicted octanol–water partition coefficient (Wildman–Crippen LogP) is 7.77. The lowest BCUT2D eigenvalue weighted by atomic mass is 9.90. The maximum Gasteiger partial charge on any atom is 0.409 e. The fourth-order valence-electron chi connectivity index (χ4n) is 5.10. The van der Waals surface area contributed by atoms with Gasteiger partial charge >= 0.3 is 6.09 Å². The summed E-state index contributed by atoms with van der Waals surface area (Å²) in [7, 11) is 0. The van der Waals surface area contributed by atoms with E-state index in [1.807, 2.05) is 29.2 Å². The number of amides is 1. The molecule has 1 N–H and O–H groups in total. The summed E-state index contributed by atoms with van der Waals surface area (Å²) >= 11 is 5.97. The molecule has 0 saturated carbocycles. The molecule has 37 heavy (non-hydrogen) atoms. The van der Waals surface area contributed by atoms with E-state index in [0.29, 0.717) is 24.2 Å². The monoisotopic (exact) mass is 525 g/mol. The molecule has 1 saturated heterocycles. The van der Waals surface area contributed by atoms with Crippen LogP contribution in [0.5, 0.6) is 5.75 Å². The number of imidazole rings is 1. The van der Waals surface area contributed by atoms with Crippen LogP contribution in [-0.4, -0.2) is 40.7 Å². The maximum atomic E-state index is 12.2. The average Bonchev–Trinajstić information content (AvgIpc) is 3.31. The summed E-state index contributed by atoms with van der Waals surface area (Å²) in [5, 5.41) is 0.694. The molecule has 0 bridgehead atoms. The molecule has 4 rings (SSSR count). The number of benzene rings is 2. The topological polar surface area (TPSA) is 67.5 Å². The first-order valence-corrected chi connectivity index (χ1v) is 14.1. The Morgan fingerprint density at radius 3 is 2.62 bits per heavy atom. The molecule has 2 aromatic carbocycles. The number of hydrogen-bond acceptors (Lipinski definition) is 4. The van der Waals surface area contributed by atoms with Gasteiger partial charge in [-0.3, -0.25) is 0 Å². The zero-order valence-electron chi connectivity index (χ0n) is 22.4. The number of aromatic amines is 1. The number of nitrogens with zero attached hydrogens (tertiary/aromatic N) is 2. The van der Waals surface area contributed by atoms with Gasteiger partial charge in [0, 0.05) is 18.1 Å². The highest BCUT2D eigenvalue weighted by Gasteiger charge is 2.23. The molecule has 1 aromatic heterocycles. The first-order valence-electron chi connectivity index (χ1n) is 13.7. The molecule has 1 amide bonds. The SMILES string of the molecule is CCCCOC(=O)N1CCC(CCCCc2c(C)c(C)cc3[nH]c(COc4ccc(Cl)cc4)nc23)CC1. The van der Waals surface area contributed by atoms with Gasteiger partial charge in [0.05, 0.1) is 17.6 Å². The van der Waals surface area contributed by atoms with Crippen LogP contribution in [0.1, 0.15) is 74.4 Å². The molecule has 1 fully saturated rings. The van der Waals surface area contributed by atoms with Crippen molar-refractivity contribution in [2.24, 2.45) is 5.92 Å². The molecular formula is C30H40ClN3O3. The predicted molar refractivity (Wildman–Crippen MR) is 149 cm³/mol. The second kappa shape index (κ2) is 13.2. The van der Waals surface area contributed by atoms with Crippen LogP contribution in [0.25, 0.3) is 11.0 Å². The fraction of sp³-hybridized carbons (Fsp3) is 0.533. The van der Waals surface area contributed by atoms with Crippen LogP contribution in [0.4, 0.5) is 4.79 Å². The Kier molecular flexibility index (Phi) is 9.73. The molecule has 7 heteroatoms. The van der Waals surface area contributed by atoms with Crippen LogP contribution in [0.15, 0.2) is 30.3 Å². The Balaban J connectivity index is 1.27. The van der Waals surface area contributed by atoms with Gasteiger partial charge in [-0.05, 0) is 98.9 Å². The highest BCUT2D eigenvalue weighted by Crippen LogP contribution is 2.28. The average molecular weight is 526 g/mol. The number of piperidine rings is 1. The van der Waals surface area contributed by atoms with Crippen LogP contribution >= 0.6 is 11.6 Å². The number of ether oxygens (including phenoxy) is 2. The third-order valence-corrected chi connectivity index (χ3v) is 7.80. The normalized spacial score (nSPS) is 14.3. The number of nitrogens with one attached hydrogen (secondary N) is 1. The van der Waals surface area contributed by atoms with Crippen LogP contribution in [0.2, 0.25) is 5.02 Å². The zero-order valence-corrected chi connectivity index (χ0v) is 23.2. The standard InChI is InChI=1S/C30H40ClN3O3/c1-4-5-18-36-30(35)34-16-14-23(15-17-34)8-6-7-9-26-22(3)21(2)19-27-29(26)33-28(32-27)20-37-25-12-10-24(31)11-13-25/h10-13,19,23H,4-9,14-18,20H2,1-3H3,(H,32,33). The number of hydrogen-bond donors (Lipinski definition) is 1. The number of carbonyl (C=O) groups excluding carboxylic acids is 1. The van der Waals surface area contributed by atoms with Crippen molar-refractivity contribution in [3.8, 4) is 5.75 Å². The zero-order chi connectivity index (χ0) is 26.2. The van der Waals surface area contributed by atoms with Crippen molar-refractivity contribution in [3.05, 3.63) is 57.9 Å². The summed E-state index contributed by atoms with van der Waals surface area (Å²) in [5.41, 5.74) is 6.10. The molecule has 0 atom stereocenters. The minimum absolute atomic E-state index is 0.136. The van der Waals surface area contributed by atoms with Gasteiger partial charge in [0.1, 0.15) is 18.2 Å². The van der Waals surface area contributed by atoms with Crippen molar-refractivity contribution in [3.63, 3.8) is 0 Å². The summed E-state index contributed by atoms with van der Waals surface area (Å²) in [4.78, 5) is 22.4. The summed E-state index contributed by atoms with van der Waals surface area (Å²) in [6.07, 6.45) is 8.57. The third-order valence-electron chi connectivity index (χ3n) is 7.55. The lowest BCUT2D eigenvalue weighted by molar-refractivity contribution is 0.0856. The quantitative estimate of drug-likeness (QED) is 0.259. The smallest absolute Gasteiger partial charge is 0.409 e. The molecule has 200 valence electrons. The van der Waals surface area contributed by atoms with Crippen LogP contribution < -0.4 is 4.74 Å². The number of H-pyrrole nitrogens is 1. The Morgan fingerprint density at radius 2 is 1.89 bits per heavy atom. The van der Waals surface area contributed by atoms with Crippen LogP contribution in [0, 0.1) is 19.8 Å². The van der Waals surface area contributed by atoms with E-state index < -0.39 is 0 Å². The van der Waals surface area contributed by atoms with Crippen LogP contribution in [0.3, 0.4) is 0 Å². The van der Waals surface area contributed by atoms with E-state index in [0.717, 1.165) is 74.2 Å². The van der Waals surface area contributed by atoms with E-state index in [4.69, 9.17) is 26.1 Å². The molecule has 1 aliphatic rings. The van der Waals surface area contributed by atoms with Gasteiger partial charge in [0.15, 0.2) is 0 Å². The fourth-order valence-corrected chi connectivity index (χ4v) is 5.23. The van der Waals surface area contributed by atoms with E-state index in [1.54, 1.807) is 0 Å². The van der Waals surface area contributed by atoms with Crippen molar-refractivity contribution in [2.45, 2.75) is 78.7 Å². The number of carbonyl (C=O) groups is 1. The Hall–Kier alpha value is -2.73. The van der Waals surface area contributed by atoms with Crippen molar-refractivity contribution in [2.75, 3.05) is 19.7 Å². The summed E-state index contributed by atoms with van der Waals surface area (Å²) in [6, 6.07) is 9.58. The third kappa shape index (κ3) is 7.41. The lowest BCUT2D eigenvalue weighted by Gasteiger charge is -2.31. The minimum atomic E-state index is -0.136. The molecule has 0 spiro atoms. The Morgan fingerprint density at radius 1 is 1.14 bits per heavy atom. The first kappa shape index (κ1) is 27.3. The molecular weight excluding hydrogens is 486 g/mol. The number of aromatic nitrogens is 2. The van der Waals surface area contributed by atoms with Gasteiger partial charge in [-0.25, -0.2) is 9.78 Å². The largest absolute Gasteiger partial charge is 0.486 e. The van der Waals surface area contributed by atoms with Gasteiger partial charge in [-0.2, -0.15) is 0 Å². The van der Waals surface area contributed by atoms with Crippen molar-refractivity contribution < 1.29 is 14.3 Å². The van der Waals surface area contributed by atoms with Gasteiger partial charge in [-0.1, -0.05) is 37.8 Å². The molecule has 2 heterocycles. The first-order chi connectivity index (χ1) is 17.9. The second-order valence-corrected chi connectivity index (χ2v) is 10.7. The number of rotatable bonds is 11. The molecule has 0 unspecified atom stereocenters. The number of aryl methyl sites for hydroxylation is 2. The van der Waals surface area contributed by atoms with Crippen molar-refractivity contribution >= 4 is 28.7 Å². The van der Waals surface area contributed by atoms with Gasteiger partial charge in [-0.15, -0.1) is 0 Å². The van der Waals surface area contributed by atoms with Gasteiger partial charge < -0.3 is 19.4 Å². The van der Waals surface area contributed by atoms with Gasteiger partial charge in [0.2, 0.25) is 0 Å². The molecule has 1 aliphatic heterocycles. The van der Waals surface area contributed by atoms with E-state index in [9.17, 15) is 4.79 Å². The number of halogens is 1. The van der Waals surface area contributed by atoms with Crippen LogP contribution in [-0.2, 0) is 17.8 Å². The number of likely N-dealkylation sites (tertiary alicyclic amines) is 1. The van der Waals surface area contributed by atoms with E-state index in [-0.39, 0.29) is 6.09 Å². The van der Waals surface area contributed by atoms with E-state index >= 15 is 0 Å². The Labute approximate surface area is 225 Å². The highest BCUT2D eigenvalue weighted by molar-refractivity contribution is 6.30. The Bertz CT molecular complexity index is 1170. The van der Waals surface area contributed by atoms with Gasteiger partial charge in [0.25, 0.3) is 0 Å².